The van der Waals surface area contributed by atoms with Gasteiger partial charge in [-0.05, 0) is 54.3 Å². The van der Waals surface area contributed by atoms with E-state index in [1.807, 2.05) is 68.4 Å². The van der Waals surface area contributed by atoms with Crippen molar-refractivity contribution in [3.05, 3.63) is 126 Å². The molecule has 44 heavy (non-hydrogen) atoms. The summed E-state index contributed by atoms with van der Waals surface area (Å²) in [5, 5.41) is 2.96. The smallest absolute Gasteiger partial charge is 0.264 e. The number of hydrogen-bond donors (Lipinski definition) is 1. The molecule has 4 rings (SSSR count). The fraction of sp³-hybridized carbons (Fsp3) is 0.257. The molecule has 0 fully saturated rings. The first kappa shape index (κ1) is 32.3. The number of aryl methyl sites for hydroxylation is 1. The first-order valence-electron chi connectivity index (χ1n) is 14.6. The molecular weight excluding hydrogens is 574 g/mol. The van der Waals surface area contributed by atoms with Crippen molar-refractivity contribution in [1.29, 1.82) is 0 Å². The van der Waals surface area contributed by atoms with E-state index in [2.05, 4.69) is 5.32 Å². The van der Waals surface area contributed by atoms with Gasteiger partial charge in [0.2, 0.25) is 11.8 Å². The Morgan fingerprint density at radius 2 is 1.45 bits per heavy atom. The number of ether oxygens (including phenoxy) is 1. The Kier molecular flexibility index (Phi) is 11.2. The molecule has 0 radical (unpaired) electrons. The molecule has 0 aliphatic rings. The van der Waals surface area contributed by atoms with E-state index in [1.165, 1.54) is 24.1 Å². The molecular formula is C35H39N3O5S. The highest BCUT2D eigenvalue weighted by molar-refractivity contribution is 7.92. The van der Waals surface area contributed by atoms with Gasteiger partial charge < -0.3 is 15.0 Å². The third kappa shape index (κ3) is 7.85. The van der Waals surface area contributed by atoms with Gasteiger partial charge in [-0.3, -0.25) is 13.9 Å². The van der Waals surface area contributed by atoms with Crippen LogP contribution in [0, 0.1) is 6.92 Å². The number of amides is 2. The van der Waals surface area contributed by atoms with E-state index in [-0.39, 0.29) is 29.5 Å². The van der Waals surface area contributed by atoms with Crippen LogP contribution in [0.5, 0.6) is 5.75 Å². The highest BCUT2D eigenvalue weighted by Gasteiger charge is 2.35. The zero-order valence-electron chi connectivity index (χ0n) is 25.3. The number of nitrogens with one attached hydrogen (secondary N) is 1. The summed E-state index contributed by atoms with van der Waals surface area (Å²) in [4.78, 5) is 29.8. The molecule has 1 N–H and O–H groups in total. The predicted molar refractivity (Wildman–Crippen MR) is 173 cm³/mol. The Morgan fingerprint density at radius 3 is 2.11 bits per heavy atom. The molecule has 0 heterocycles. The fourth-order valence-corrected chi connectivity index (χ4v) is 6.41. The van der Waals surface area contributed by atoms with E-state index in [0.717, 1.165) is 27.4 Å². The Hall–Kier alpha value is -4.63. The fourth-order valence-electron chi connectivity index (χ4n) is 4.96. The van der Waals surface area contributed by atoms with Gasteiger partial charge in [0.25, 0.3) is 10.0 Å². The zero-order chi connectivity index (χ0) is 31.5. The number of anilines is 1. The highest BCUT2D eigenvalue weighted by Crippen LogP contribution is 2.32. The van der Waals surface area contributed by atoms with Crippen molar-refractivity contribution in [1.82, 2.24) is 10.2 Å². The average Bonchev–Trinajstić information content (AvgIpc) is 3.05. The summed E-state index contributed by atoms with van der Waals surface area (Å²) in [6.07, 6.45) is 0.987. The van der Waals surface area contributed by atoms with Crippen LogP contribution < -0.4 is 14.4 Å². The van der Waals surface area contributed by atoms with Gasteiger partial charge in [-0.15, -0.1) is 0 Å². The number of carbonyl (C=O) groups is 2. The quantitative estimate of drug-likeness (QED) is 0.207. The minimum absolute atomic E-state index is 0.0330. The first-order valence-corrected chi connectivity index (χ1v) is 16.1. The van der Waals surface area contributed by atoms with Crippen LogP contribution in [0.4, 0.5) is 5.69 Å². The Morgan fingerprint density at radius 1 is 0.841 bits per heavy atom. The summed E-state index contributed by atoms with van der Waals surface area (Å²) in [5.41, 5.74) is 2.91. The molecule has 9 heteroatoms. The average molecular weight is 614 g/mol. The molecule has 0 aromatic heterocycles. The lowest BCUT2D eigenvalue weighted by Crippen LogP contribution is -2.53. The summed E-state index contributed by atoms with van der Waals surface area (Å²) in [6.45, 7) is 3.93. The Labute approximate surface area is 260 Å². The van der Waals surface area contributed by atoms with E-state index in [1.54, 1.807) is 42.5 Å². The maximum Gasteiger partial charge on any atom is 0.264 e. The van der Waals surface area contributed by atoms with Gasteiger partial charge >= 0.3 is 0 Å². The van der Waals surface area contributed by atoms with Crippen LogP contribution in [0.25, 0.3) is 0 Å². The second kappa shape index (κ2) is 15.2. The molecule has 0 saturated heterocycles. The standard InChI is InChI=1S/C35H39N3O5S/c1-4-23-36-35(40)32(24-28-16-7-5-8-17-28)37(25-29-18-12-11-15-27(29)2)34(39)26-38(31-21-13-14-22-33(31)43-3)44(41,42)30-19-9-6-10-20-30/h5-22,32H,4,23-26H2,1-3H3,(H,36,40). The molecule has 4 aromatic carbocycles. The van der Waals surface area contributed by atoms with Crippen molar-refractivity contribution >= 4 is 27.5 Å². The minimum Gasteiger partial charge on any atom is -0.495 e. The maximum absolute atomic E-state index is 14.5. The van der Waals surface area contributed by atoms with Gasteiger partial charge in [0.1, 0.15) is 18.3 Å². The van der Waals surface area contributed by atoms with Crippen LogP contribution in [-0.4, -0.2) is 51.4 Å². The summed E-state index contributed by atoms with van der Waals surface area (Å²) >= 11 is 0. The largest absolute Gasteiger partial charge is 0.495 e. The molecule has 0 bridgehead atoms. The van der Waals surface area contributed by atoms with Crippen molar-refractivity contribution in [2.45, 2.75) is 44.2 Å². The van der Waals surface area contributed by atoms with Crippen molar-refractivity contribution in [3.63, 3.8) is 0 Å². The number of nitrogens with zero attached hydrogens (tertiary/aromatic N) is 2. The van der Waals surface area contributed by atoms with Crippen LogP contribution in [0.2, 0.25) is 0 Å². The molecule has 8 nitrogen and oxygen atoms in total. The highest BCUT2D eigenvalue weighted by atomic mass is 32.2. The van der Waals surface area contributed by atoms with Crippen LogP contribution in [0.15, 0.2) is 114 Å². The maximum atomic E-state index is 14.5. The van der Waals surface area contributed by atoms with Crippen LogP contribution >= 0.6 is 0 Å². The lowest BCUT2D eigenvalue weighted by molar-refractivity contribution is -0.140. The lowest BCUT2D eigenvalue weighted by atomic mass is 10.0. The van der Waals surface area contributed by atoms with Crippen molar-refractivity contribution in [3.8, 4) is 5.75 Å². The van der Waals surface area contributed by atoms with Gasteiger partial charge in [0.05, 0.1) is 17.7 Å². The van der Waals surface area contributed by atoms with Gasteiger partial charge in [-0.1, -0.05) is 91.9 Å². The van der Waals surface area contributed by atoms with E-state index < -0.39 is 28.5 Å². The number of sulfonamides is 1. The predicted octanol–water partition coefficient (Wildman–Crippen LogP) is 5.37. The number of benzene rings is 4. The molecule has 0 spiro atoms. The number of carbonyl (C=O) groups excluding carboxylic acids is 2. The molecule has 230 valence electrons. The van der Waals surface area contributed by atoms with E-state index in [0.29, 0.717) is 12.3 Å². The second-order valence-electron chi connectivity index (χ2n) is 10.4. The van der Waals surface area contributed by atoms with E-state index >= 15 is 0 Å². The van der Waals surface area contributed by atoms with Crippen molar-refractivity contribution in [2.24, 2.45) is 0 Å². The first-order chi connectivity index (χ1) is 21.3. The number of hydrogen-bond acceptors (Lipinski definition) is 5. The van der Waals surface area contributed by atoms with Gasteiger partial charge in [-0.2, -0.15) is 0 Å². The summed E-state index contributed by atoms with van der Waals surface area (Å²) in [7, 11) is -2.76. The Balaban J connectivity index is 1.82. The molecule has 0 saturated carbocycles. The van der Waals surface area contributed by atoms with Crippen molar-refractivity contribution in [2.75, 3.05) is 24.5 Å². The molecule has 2 amide bonds. The normalized spacial score (nSPS) is 11.8. The summed E-state index contributed by atoms with van der Waals surface area (Å²) < 4.78 is 34.8. The van der Waals surface area contributed by atoms with E-state index in [9.17, 15) is 18.0 Å². The molecule has 1 atom stereocenters. The summed E-state index contributed by atoms with van der Waals surface area (Å²) in [5.74, 6) is -0.523. The third-order valence-corrected chi connectivity index (χ3v) is 9.16. The summed E-state index contributed by atoms with van der Waals surface area (Å²) in [6, 6.07) is 30.9. The minimum atomic E-state index is -4.21. The lowest BCUT2D eigenvalue weighted by Gasteiger charge is -2.34. The number of rotatable bonds is 14. The number of para-hydroxylation sites is 2. The van der Waals surface area contributed by atoms with Crippen molar-refractivity contribution < 1.29 is 22.7 Å². The van der Waals surface area contributed by atoms with Gasteiger partial charge in [0.15, 0.2) is 0 Å². The monoisotopic (exact) mass is 613 g/mol. The molecule has 4 aromatic rings. The second-order valence-corrected chi connectivity index (χ2v) is 12.3. The number of methoxy groups -OCH3 is 1. The van der Waals surface area contributed by atoms with Gasteiger partial charge in [-0.25, -0.2) is 8.42 Å². The molecule has 0 aliphatic heterocycles. The van der Waals surface area contributed by atoms with Crippen LogP contribution in [0.3, 0.4) is 0 Å². The van der Waals surface area contributed by atoms with Gasteiger partial charge in [0, 0.05) is 19.5 Å². The van der Waals surface area contributed by atoms with Crippen LogP contribution in [-0.2, 0) is 32.6 Å². The van der Waals surface area contributed by atoms with E-state index in [4.69, 9.17) is 4.74 Å². The zero-order valence-corrected chi connectivity index (χ0v) is 26.2. The third-order valence-electron chi connectivity index (χ3n) is 7.39. The van der Waals surface area contributed by atoms with Crippen LogP contribution in [0.1, 0.15) is 30.0 Å². The topological polar surface area (TPSA) is 96.0 Å². The molecule has 0 aliphatic carbocycles. The SMILES string of the molecule is CCCNC(=O)C(Cc1ccccc1)N(Cc1ccccc1C)C(=O)CN(c1ccccc1OC)S(=O)(=O)c1ccccc1. The molecule has 1 unspecified atom stereocenters. The Bertz CT molecular complexity index is 1650.